The third-order valence-electron chi connectivity index (χ3n) is 6.07. The second-order valence-electron chi connectivity index (χ2n) is 8.79. The maximum atomic E-state index is 2.56. The zero-order chi connectivity index (χ0) is 21.6. The van der Waals surface area contributed by atoms with E-state index >= 15 is 0 Å². The molecule has 0 fully saturated rings. The van der Waals surface area contributed by atoms with Crippen molar-refractivity contribution >= 4 is 0 Å². The van der Waals surface area contributed by atoms with Gasteiger partial charge in [-0.25, -0.2) is 9.13 Å². The van der Waals surface area contributed by atoms with Crippen molar-refractivity contribution in [2.75, 3.05) is 0 Å². The van der Waals surface area contributed by atoms with E-state index in [0.717, 1.165) is 19.4 Å². The van der Waals surface area contributed by atoms with Gasteiger partial charge in [-0.3, -0.25) is 0 Å². The molecule has 0 saturated carbocycles. The number of hydrogen-bond donors (Lipinski definition) is 0. The summed E-state index contributed by atoms with van der Waals surface area (Å²) in [5.74, 6) is 1.84. The largest absolute Gasteiger partial charge is 0.261 e. The first-order chi connectivity index (χ1) is 15.1. The Balaban J connectivity index is 1.76. The molecular weight excluding hydrogens is 376 g/mol. The average molecular weight is 410 g/mol. The Bertz CT molecular complexity index is 1080. The van der Waals surface area contributed by atoms with Crippen LogP contribution in [0.5, 0.6) is 0 Å². The Morgan fingerprint density at radius 2 is 1.26 bits per heavy atom. The molecule has 4 aromatic rings. The van der Waals surface area contributed by atoms with Crippen LogP contribution in [0.25, 0.3) is 0 Å². The molecule has 158 valence electrons. The predicted molar refractivity (Wildman–Crippen MR) is 128 cm³/mol. The minimum Gasteiger partial charge on any atom is -0.232 e. The Kier molecular flexibility index (Phi) is 6.66. The molecule has 0 amide bonds. The number of nitrogens with zero attached hydrogens (tertiary/aromatic N) is 2. The summed E-state index contributed by atoms with van der Waals surface area (Å²) in [7, 11) is 0. The summed E-state index contributed by atoms with van der Waals surface area (Å²) in [6.45, 7) is 7.81. The van der Waals surface area contributed by atoms with Gasteiger partial charge in [0, 0.05) is 6.42 Å². The van der Waals surface area contributed by atoms with Crippen LogP contribution >= 0.6 is 0 Å². The van der Waals surface area contributed by atoms with Crippen LogP contribution in [-0.2, 0) is 19.4 Å². The number of imidazole rings is 1. The van der Waals surface area contributed by atoms with E-state index in [2.05, 4.69) is 127 Å². The van der Waals surface area contributed by atoms with E-state index in [-0.39, 0.29) is 0 Å². The zero-order valence-electron chi connectivity index (χ0n) is 18.9. The monoisotopic (exact) mass is 409 g/mol. The molecule has 2 nitrogen and oxygen atoms in total. The van der Waals surface area contributed by atoms with Gasteiger partial charge in [-0.15, -0.1) is 0 Å². The third kappa shape index (κ3) is 5.14. The van der Waals surface area contributed by atoms with Crippen molar-refractivity contribution in [3.63, 3.8) is 0 Å². The Hall–Kier alpha value is -3.13. The van der Waals surface area contributed by atoms with Gasteiger partial charge in [0.05, 0.1) is 12.5 Å². The molecule has 0 spiro atoms. The number of rotatable bonds is 8. The standard InChI is InChI=1S/C29H33N2/c1-23(2)30-22-28(19-24(3)27-17-11-6-12-18-27)31(21-26-15-9-5-10-16-26)29(30)20-25-13-7-4-8-14-25/h4-18,22-24H,19-21H2,1-3H3/q+1. The fourth-order valence-corrected chi connectivity index (χ4v) is 4.36. The van der Waals surface area contributed by atoms with Crippen LogP contribution in [0.3, 0.4) is 0 Å². The van der Waals surface area contributed by atoms with Gasteiger partial charge in [-0.05, 0) is 36.5 Å². The van der Waals surface area contributed by atoms with Crippen molar-refractivity contribution in [2.45, 2.75) is 52.1 Å². The Labute approximate surface area is 186 Å². The van der Waals surface area contributed by atoms with Gasteiger partial charge in [0.2, 0.25) is 0 Å². The van der Waals surface area contributed by atoms with Gasteiger partial charge in [0.15, 0.2) is 0 Å². The van der Waals surface area contributed by atoms with Gasteiger partial charge < -0.3 is 0 Å². The normalized spacial score (nSPS) is 12.3. The molecule has 1 heterocycles. The maximum absolute atomic E-state index is 2.56. The lowest BCUT2D eigenvalue weighted by molar-refractivity contribution is -0.702. The summed E-state index contributed by atoms with van der Waals surface area (Å²) < 4.78 is 5.03. The van der Waals surface area contributed by atoms with Crippen LogP contribution in [0.4, 0.5) is 0 Å². The molecule has 0 aliphatic carbocycles. The molecule has 0 radical (unpaired) electrons. The molecular formula is C29H33N2+. The van der Waals surface area contributed by atoms with Crippen molar-refractivity contribution in [2.24, 2.45) is 0 Å². The Morgan fingerprint density at radius 1 is 0.710 bits per heavy atom. The average Bonchev–Trinajstić information content (AvgIpc) is 3.12. The topological polar surface area (TPSA) is 8.81 Å². The van der Waals surface area contributed by atoms with Crippen LogP contribution in [0, 0.1) is 0 Å². The molecule has 31 heavy (non-hydrogen) atoms. The highest BCUT2D eigenvalue weighted by Crippen LogP contribution is 2.22. The molecule has 2 heteroatoms. The maximum Gasteiger partial charge on any atom is 0.261 e. The first kappa shape index (κ1) is 21.1. The highest BCUT2D eigenvalue weighted by atomic mass is 15.2. The summed E-state index contributed by atoms with van der Waals surface area (Å²) in [6, 6.07) is 33.0. The fourth-order valence-electron chi connectivity index (χ4n) is 4.36. The minimum atomic E-state index is 0.418. The molecule has 1 unspecified atom stereocenters. The van der Waals surface area contributed by atoms with E-state index in [1.54, 1.807) is 0 Å². The third-order valence-corrected chi connectivity index (χ3v) is 6.07. The van der Waals surface area contributed by atoms with Crippen molar-refractivity contribution in [3.8, 4) is 0 Å². The van der Waals surface area contributed by atoms with Crippen LogP contribution in [0.15, 0.2) is 97.2 Å². The highest BCUT2D eigenvalue weighted by Gasteiger charge is 2.26. The second kappa shape index (κ2) is 9.78. The molecule has 0 N–H and O–H groups in total. The van der Waals surface area contributed by atoms with E-state index in [1.165, 1.54) is 28.2 Å². The molecule has 0 bridgehead atoms. The van der Waals surface area contributed by atoms with Gasteiger partial charge >= 0.3 is 0 Å². The number of benzene rings is 3. The summed E-state index contributed by atoms with van der Waals surface area (Å²) in [5, 5.41) is 0. The highest BCUT2D eigenvalue weighted by molar-refractivity contribution is 5.22. The molecule has 1 aromatic heterocycles. The predicted octanol–water partition coefficient (Wildman–Crippen LogP) is 6.34. The molecule has 0 aliphatic heterocycles. The van der Waals surface area contributed by atoms with Gasteiger partial charge in [0.1, 0.15) is 18.4 Å². The lowest BCUT2D eigenvalue weighted by Crippen LogP contribution is -2.42. The summed E-state index contributed by atoms with van der Waals surface area (Å²) >= 11 is 0. The van der Waals surface area contributed by atoms with Gasteiger partial charge in [0.25, 0.3) is 5.82 Å². The Morgan fingerprint density at radius 3 is 1.84 bits per heavy atom. The molecule has 0 aliphatic rings. The lowest BCUT2D eigenvalue weighted by Gasteiger charge is -2.12. The quantitative estimate of drug-likeness (QED) is 0.300. The SMILES string of the molecule is CC(Cc1cn(C(C)C)c(Cc2ccccc2)[n+]1Cc1ccccc1)c1ccccc1. The van der Waals surface area contributed by atoms with Gasteiger partial charge in [-0.2, -0.15) is 0 Å². The van der Waals surface area contributed by atoms with Gasteiger partial charge in [-0.1, -0.05) is 97.9 Å². The van der Waals surface area contributed by atoms with E-state index in [9.17, 15) is 0 Å². The molecule has 0 saturated heterocycles. The first-order valence-electron chi connectivity index (χ1n) is 11.4. The lowest BCUT2D eigenvalue weighted by atomic mass is 9.96. The van der Waals surface area contributed by atoms with Crippen LogP contribution < -0.4 is 4.57 Å². The van der Waals surface area contributed by atoms with Crippen molar-refractivity contribution in [3.05, 3.63) is 125 Å². The van der Waals surface area contributed by atoms with Crippen molar-refractivity contribution in [1.82, 2.24) is 4.57 Å². The minimum absolute atomic E-state index is 0.418. The molecule has 3 aromatic carbocycles. The van der Waals surface area contributed by atoms with Crippen molar-refractivity contribution in [1.29, 1.82) is 0 Å². The van der Waals surface area contributed by atoms with Crippen LogP contribution in [0.2, 0.25) is 0 Å². The molecule has 4 rings (SSSR count). The number of aromatic nitrogens is 2. The van der Waals surface area contributed by atoms with Crippen LogP contribution in [0.1, 0.15) is 60.9 Å². The smallest absolute Gasteiger partial charge is 0.232 e. The van der Waals surface area contributed by atoms with E-state index in [0.29, 0.717) is 12.0 Å². The van der Waals surface area contributed by atoms with Crippen LogP contribution in [-0.4, -0.2) is 4.57 Å². The zero-order valence-corrected chi connectivity index (χ0v) is 18.9. The molecule has 1 atom stereocenters. The summed E-state index contributed by atoms with van der Waals surface area (Å²) in [4.78, 5) is 0. The van der Waals surface area contributed by atoms with E-state index in [1.807, 2.05) is 0 Å². The summed E-state index contributed by atoms with van der Waals surface area (Å²) in [5.41, 5.74) is 5.50. The summed E-state index contributed by atoms with van der Waals surface area (Å²) in [6.07, 6.45) is 4.36. The first-order valence-corrected chi connectivity index (χ1v) is 11.4. The fraction of sp³-hybridized carbons (Fsp3) is 0.276. The van der Waals surface area contributed by atoms with E-state index in [4.69, 9.17) is 0 Å². The number of hydrogen-bond acceptors (Lipinski definition) is 0. The van der Waals surface area contributed by atoms with Crippen molar-refractivity contribution < 1.29 is 4.57 Å². The van der Waals surface area contributed by atoms with E-state index < -0.39 is 0 Å². The second-order valence-corrected chi connectivity index (χ2v) is 8.79.